The molecule has 19 heavy (non-hydrogen) atoms. The molecule has 5 heteroatoms. The van der Waals surface area contributed by atoms with Gasteiger partial charge in [0.15, 0.2) is 0 Å². The van der Waals surface area contributed by atoms with E-state index in [1.165, 1.54) is 6.20 Å². The van der Waals surface area contributed by atoms with Gasteiger partial charge in [-0.15, -0.1) is 0 Å². The van der Waals surface area contributed by atoms with E-state index in [2.05, 4.69) is 22.2 Å². The Hall–Kier alpha value is -1.81. The maximum atomic E-state index is 5.80. The molecule has 1 atom stereocenters. The van der Waals surface area contributed by atoms with Crippen LogP contribution in [0.25, 0.3) is 0 Å². The van der Waals surface area contributed by atoms with E-state index in [1.807, 2.05) is 31.2 Å². The highest BCUT2D eigenvalue weighted by atomic mass is 35.5. The van der Waals surface area contributed by atoms with Crippen LogP contribution in [0.5, 0.6) is 5.75 Å². The summed E-state index contributed by atoms with van der Waals surface area (Å²) in [5.41, 5.74) is 1.14. The number of nitrogens with zero attached hydrogens (tertiary/aromatic N) is 2. The zero-order valence-corrected chi connectivity index (χ0v) is 11.7. The molecule has 1 aromatic carbocycles. The first-order chi connectivity index (χ1) is 9.19. The van der Waals surface area contributed by atoms with E-state index >= 15 is 0 Å². The van der Waals surface area contributed by atoms with Gasteiger partial charge >= 0.3 is 0 Å². The number of halogens is 1. The SMILES string of the molecule is CCOc1ccc(C(C)Nc2cncc(Cl)n2)cc1. The second-order valence-corrected chi connectivity index (χ2v) is 4.48. The molecule has 100 valence electrons. The quantitative estimate of drug-likeness (QED) is 0.905. The van der Waals surface area contributed by atoms with Crippen molar-refractivity contribution in [3.8, 4) is 5.75 Å². The number of rotatable bonds is 5. The minimum atomic E-state index is 0.114. The number of nitrogens with one attached hydrogen (secondary N) is 1. The summed E-state index contributed by atoms with van der Waals surface area (Å²) < 4.78 is 5.41. The van der Waals surface area contributed by atoms with Crippen LogP contribution < -0.4 is 10.1 Å². The lowest BCUT2D eigenvalue weighted by Crippen LogP contribution is -2.08. The summed E-state index contributed by atoms with van der Waals surface area (Å²) in [7, 11) is 0. The first-order valence-corrected chi connectivity index (χ1v) is 6.53. The molecule has 2 rings (SSSR count). The lowest BCUT2D eigenvalue weighted by molar-refractivity contribution is 0.340. The molecular formula is C14H16ClN3O. The third-order valence-electron chi connectivity index (χ3n) is 2.66. The predicted octanol–water partition coefficient (Wildman–Crippen LogP) is 3.70. The van der Waals surface area contributed by atoms with Crippen molar-refractivity contribution in [2.75, 3.05) is 11.9 Å². The number of aromatic nitrogens is 2. The van der Waals surface area contributed by atoms with Crippen LogP contribution in [-0.4, -0.2) is 16.6 Å². The number of benzene rings is 1. The normalized spacial score (nSPS) is 11.9. The molecule has 0 amide bonds. The first-order valence-electron chi connectivity index (χ1n) is 6.16. The van der Waals surface area contributed by atoms with E-state index < -0.39 is 0 Å². The van der Waals surface area contributed by atoms with Crippen LogP contribution in [-0.2, 0) is 0 Å². The minimum absolute atomic E-state index is 0.114. The number of anilines is 1. The standard InChI is InChI=1S/C14H16ClN3O/c1-3-19-12-6-4-11(5-7-12)10(2)17-14-9-16-8-13(15)18-14/h4-10H,3H2,1-2H3,(H,17,18). The average molecular weight is 278 g/mol. The maximum absolute atomic E-state index is 5.80. The summed E-state index contributed by atoms with van der Waals surface area (Å²) >= 11 is 5.80. The molecule has 2 aromatic rings. The van der Waals surface area contributed by atoms with Crippen molar-refractivity contribution >= 4 is 17.4 Å². The van der Waals surface area contributed by atoms with Gasteiger partial charge in [-0.25, -0.2) is 4.98 Å². The van der Waals surface area contributed by atoms with Gasteiger partial charge in [0.2, 0.25) is 0 Å². The van der Waals surface area contributed by atoms with Gasteiger partial charge in [0.1, 0.15) is 16.7 Å². The number of hydrogen-bond donors (Lipinski definition) is 1. The Bertz CT molecular complexity index is 530. The fourth-order valence-corrected chi connectivity index (χ4v) is 1.88. The predicted molar refractivity (Wildman–Crippen MR) is 76.7 cm³/mol. The van der Waals surface area contributed by atoms with Gasteiger partial charge in [-0.05, 0) is 31.5 Å². The van der Waals surface area contributed by atoms with Crippen molar-refractivity contribution in [1.29, 1.82) is 0 Å². The van der Waals surface area contributed by atoms with Crippen molar-refractivity contribution in [2.45, 2.75) is 19.9 Å². The molecule has 0 saturated heterocycles. The molecule has 4 nitrogen and oxygen atoms in total. The molecule has 0 saturated carbocycles. The molecular weight excluding hydrogens is 262 g/mol. The van der Waals surface area contributed by atoms with Crippen LogP contribution >= 0.6 is 11.6 Å². The maximum Gasteiger partial charge on any atom is 0.149 e. The molecule has 0 aliphatic carbocycles. The fourth-order valence-electron chi connectivity index (χ4n) is 1.74. The monoisotopic (exact) mass is 277 g/mol. The Labute approximate surface area is 117 Å². The second-order valence-electron chi connectivity index (χ2n) is 4.10. The van der Waals surface area contributed by atoms with Crippen LogP contribution in [0, 0.1) is 0 Å². The van der Waals surface area contributed by atoms with Crippen LogP contribution in [0.15, 0.2) is 36.7 Å². The summed E-state index contributed by atoms with van der Waals surface area (Å²) in [6, 6.07) is 8.09. The molecule has 1 unspecified atom stereocenters. The molecule has 1 aromatic heterocycles. The minimum Gasteiger partial charge on any atom is -0.494 e. The van der Waals surface area contributed by atoms with E-state index in [1.54, 1.807) is 6.20 Å². The zero-order chi connectivity index (χ0) is 13.7. The highest BCUT2D eigenvalue weighted by Gasteiger charge is 2.06. The van der Waals surface area contributed by atoms with E-state index in [9.17, 15) is 0 Å². The molecule has 0 radical (unpaired) electrons. The molecule has 0 aliphatic heterocycles. The van der Waals surface area contributed by atoms with Gasteiger partial charge in [0.05, 0.1) is 19.0 Å². The van der Waals surface area contributed by atoms with E-state index in [0.717, 1.165) is 11.3 Å². The third-order valence-corrected chi connectivity index (χ3v) is 2.84. The van der Waals surface area contributed by atoms with E-state index in [-0.39, 0.29) is 6.04 Å². The molecule has 0 aliphatic rings. The van der Waals surface area contributed by atoms with Crippen molar-refractivity contribution < 1.29 is 4.74 Å². The summed E-state index contributed by atoms with van der Waals surface area (Å²) in [5.74, 6) is 1.54. The lowest BCUT2D eigenvalue weighted by Gasteiger charge is -2.15. The van der Waals surface area contributed by atoms with Gasteiger partial charge in [0.25, 0.3) is 0 Å². The van der Waals surface area contributed by atoms with Crippen LogP contribution in [0.4, 0.5) is 5.82 Å². The average Bonchev–Trinajstić information content (AvgIpc) is 2.40. The summed E-state index contributed by atoms with van der Waals surface area (Å²) in [4.78, 5) is 8.15. The Morgan fingerprint density at radius 3 is 2.63 bits per heavy atom. The number of hydrogen-bond acceptors (Lipinski definition) is 4. The van der Waals surface area contributed by atoms with Gasteiger partial charge in [-0.1, -0.05) is 23.7 Å². The Balaban J connectivity index is 2.05. The third kappa shape index (κ3) is 3.83. The van der Waals surface area contributed by atoms with Gasteiger partial charge in [-0.2, -0.15) is 0 Å². The van der Waals surface area contributed by atoms with Gasteiger partial charge < -0.3 is 10.1 Å². The van der Waals surface area contributed by atoms with Gasteiger partial charge in [-0.3, -0.25) is 4.98 Å². The summed E-state index contributed by atoms with van der Waals surface area (Å²) in [6.45, 7) is 4.69. The first kappa shape index (κ1) is 13.6. The van der Waals surface area contributed by atoms with Gasteiger partial charge in [0, 0.05) is 6.04 Å². The molecule has 1 heterocycles. The largest absolute Gasteiger partial charge is 0.494 e. The lowest BCUT2D eigenvalue weighted by atomic mass is 10.1. The Kier molecular flexibility index (Phi) is 4.58. The second kappa shape index (κ2) is 6.38. The topological polar surface area (TPSA) is 47.0 Å². The number of ether oxygens (including phenoxy) is 1. The van der Waals surface area contributed by atoms with E-state index in [0.29, 0.717) is 17.6 Å². The summed E-state index contributed by atoms with van der Waals surface area (Å²) in [6.07, 6.45) is 3.16. The van der Waals surface area contributed by atoms with Crippen LogP contribution in [0.1, 0.15) is 25.5 Å². The molecule has 0 fully saturated rings. The highest BCUT2D eigenvalue weighted by Crippen LogP contribution is 2.21. The molecule has 0 spiro atoms. The Morgan fingerprint density at radius 1 is 1.26 bits per heavy atom. The van der Waals surface area contributed by atoms with Crippen molar-refractivity contribution in [3.05, 3.63) is 47.4 Å². The fraction of sp³-hybridized carbons (Fsp3) is 0.286. The van der Waals surface area contributed by atoms with Crippen molar-refractivity contribution in [3.63, 3.8) is 0 Å². The molecule has 0 bridgehead atoms. The van der Waals surface area contributed by atoms with Crippen molar-refractivity contribution in [1.82, 2.24) is 9.97 Å². The smallest absolute Gasteiger partial charge is 0.149 e. The van der Waals surface area contributed by atoms with E-state index in [4.69, 9.17) is 16.3 Å². The summed E-state index contributed by atoms with van der Waals surface area (Å²) in [5, 5.41) is 3.63. The molecule has 1 N–H and O–H groups in total. The highest BCUT2D eigenvalue weighted by molar-refractivity contribution is 6.29. The van der Waals surface area contributed by atoms with Crippen LogP contribution in [0.2, 0.25) is 5.15 Å². The van der Waals surface area contributed by atoms with Crippen LogP contribution in [0.3, 0.4) is 0 Å². The Morgan fingerprint density at radius 2 is 2.00 bits per heavy atom. The zero-order valence-electron chi connectivity index (χ0n) is 10.9. The van der Waals surface area contributed by atoms with Crippen molar-refractivity contribution in [2.24, 2.45) is 0 Å².